The van der Waals surface area contributed by atoms with Crippen LogP contribution in [0.1, 0.15) is 16.8 Å². The Morgan fingerprint density at radius 1 is 1.55 bits per heavy atom. The number of benzene rings is 1. The third-order valence-electron chi connectivity index (χ3n) is 3.04. The highest BCUT2D eigenvalue weighted by atomic mass is 35.5. The van der Waals surface area contributed by atoms with Crippen molar-refractivity contribution in [1.82, 2.24) is 5.32 Å². The van der Waals surface area contributed by atoms with Crippen molar-refractivity contribution in [1.29, 1.82) is 0 Å². The molecule has 1 heterocycles. The van der Waals surface area contributed by atoms with Crippen molar-refractivity contribution < 1.29 is 14.5 Å². The number of halogens is 1. The molecule has 108 valence electrons. The Balaban J connectivity index is 2.27. The van der Waals surface area contributed by atoms with Crippen molar-refractivity contribution in [2.45, 2.75) is 12.5 Å². The summed E-state index contributed by atoms with van der Waals surface area (Å²) in [5, 5.41) is 16.6. The minimum absolute atomic E-state index is 0.0655. The largest absolute Gasteiger partial charge is 0.381 e. The van der Waals surface area contributed by atoms with Gasteiger partial charge in [0, 0.05) is 25.3 Å². The Bertz CT molecular complexity index is 544. The molecule has 1 aromatic carbocycles. The third kappa shape index (κ3) is 3.00. The van der Waals surface area contributed by atoms with E-state index in [9.17, 15) is 14.9 Å². The molecule has 0 spiro atoms. The molecule has 2 rings (SSSR count). The molecule has 0 aromatic heterocycles. The lowest BCUT2D eigenvalue weighted by atomic mass is 10.1. The van der Waals surface area contributed by atoms with Gasteiger partial charge in [-0.1, -0.05) is 11.6 Å². The summed E-state index contributed by atoms with van der Waals surface area (Å²) in [6.07, 6.45) is 0.732. The molecular formula is C12H14ClN3O4. The van der Waals surface area contributed by atoms with Gasteiger partial charge in [-0.05, 0) is 12.5 Å². The van der Waals surface area contributed by atoms with Crippen molar-refractivity contribution in [2.24, 2.45) is 0 Å². The van der Waals surface area contributed by atoms with Gasteiger partial charge in [0.2, 0.25) is 0 Å². The number of anilines is 1. The molecule has 0 radical (unpaired) electrons. The number of nitro groups is 1. The number of carbonyl (C=O) groups excluding carboxylic acids is 1. The van der Waals surface area contributed by atoms with E-state index < -0.39 is 10.8 Å². The summed E-state index contributed by atoms with van der Waals surface area (Å²) in [7, 11) is 1.53. The fourth-order valence-corrected chi connectivity index (χ4v) is 2.34. The summed E-state index contributed by atoms with van der Waals surface area (Å²) in [4.78, 5) is 22.5. The predicted octanol–water partition coefficient (Wildman–Crippen LogP) is 1.81. The second-order valence-electron chi connectivity index (χ2n) is 4.39. The SMILES string of the molecule is CNc1c(Cl)cc(C(=O)NC2CCOC2)cc1[N+](=O)[O-]. The maximum Gasteiger partial charge on any atom is 0.294 e. The van der Waals surface area contributed by atoms with E-state index in [0.717, 1.165) is 6.42 Å². The molecule has 2 N–H and O–H groups in total. The van der Waals surface area contributed by atoms with Crippen LogP contribution in [-0.4, -0.2) is 37.1 Å². The van der Waals surface area contributed by atoms with E-state index in [1.165, 1.54) is 19.2 Å². The van der Waals surface area contributed by atoms with E-state index in [-0.39, 0.29) is 28.0 Å². The lowest BCUT2D eigenvalue weighted by molar-refractivity contribution is -0.383. The monoisotopic (exact) mass is 299 g/mol. The van der Waals surface area contributed by atoms with Crippen LogP contribution in [0.3, 0.4) is 0 Å². The summed E-state index contributed by atoms with van der Waals surface area (Å²) < 4.78 is 5.16. The van der Waals surface area contributed by atoms with E-state index in [2.05, 4.69) is 10.6 Å². The molecule has 7 nitrogen and oxygen atoms in total. The minimum Gasteiger partial charge on any atom is -0.381 e. The van der Waals surface area contributed by atoms with Gasteiger partial charge in [-0.2, -0.15) is 0 Å². The third-order valence-corrected chi connectivity index (χ3v) is 3.34. The first-order valence-corrected chi connectivity index (χ1v) is 6.45. The predicted molar refractivity (Wildman–Crippen MR) is 74.3 cm³/mol. The molecule has 1 amide bonds. The van der Waals surface area contributed by atoms with Crippen LogP contribution in [0.25, 0.3) is 0 Å². The molecule has 1 atom stereocenters. The number of hydrogen-bond acceptors (Lipinski definition) is 5. The number of hydrogen-bond donors (Lipinski definition) is 2. The number of nitro benzene ring substituents is 1. The molecule has 1 saturated heterocycles. The van der Waals surface area contributed by atoms with Crippen LogP contribution in [-0.2, 0) is 4.74 Å². The van der Waals surface area contributed by atoms with Crippen LogP contribution in [0.2, 0.25) is 5.02 Å². The van der Waals surface area contributed by atoms with Crippen LogP contribution < -0.4 is 10.6 Å². The Hall–Kier alpha value is -1.86. The van der Waals surface area contributed by atoms with Gasteiger partial charge >= 0.3 is 0 Å². The summed E-state index contributed by atoms with van der Waals surface area (Å²) >= 11 is 5.97. The molecular weight excluding hydrogens is 286 g/mol. The van der Waals surface area contributed by atoms with Crippen LogP contribution >= 0.6 is 11.6 Å². The summed E-state index contributed by atoms with van der Waals surface area (Å²) in [5.74, 6) is -0.395. The molecule has 1 aliphatic heterocycles. The molecule has 0 aliphatic carbocycles. The molecule has 20 heavy (non-hydrogen) atoms. The highest BCUT2D eigenvalue weighted by Gasteiger charge is 2.23. The molecule has 8 heteroatoms. The molecule has 1 aliphatic rings. The van der Waals surface area contributed by atoms with Crippen LogP contribution in [0.15, 0.2) is 12.1 Å². The van der Waals surface area contributed by atoms with Crippen LogP contribution in [0.4, 0.5) is 11.4 Å². The van der Waals surface area contributed by atoms with Crippen molar-refractivity contribution in [3.63, 3.8) is 0 Å². The number of amides is 1. The quantitative estimate of drug-likeness (QED) is 0.653. The number of carbonyl (C=O) groups is 1. The molecule has 1 unspecified atom stereocenters. The van der Waals surface area contributed by atoms with Crippen LogP contribution in [0, 0.1) is 10.1 Å². The van der Waals surface area contributed by atoms with Gasteiger partial charge in [0.1, 0.15) is 5.69 Å². The van der Waals surface area contributed by atoms with Crippen molar-refractivity contribution in [3.8, 4) is 0 Å². The molecule has 0 saturated carbocycles. The fourth-order valence-electron chi connectivity index (χ4n) is 2.03. The standard InChI is InChI=1S/C12H14ClN3O4/c1-14-11-9(13)4-7(5-10(11)16(18)19)12(17)15-8-2-3-20-6-8/h4-5,8,14H,2-3,6H2,1H3,(H,15,17). The average molecular weight is 300 g/mol. The topological polar surface area (TPSA) is 93.5 Å². The Kier molecular flexibility index (Phi) is 4.41. The summed E-state index contributed by atoms with van der Waals surface area (Å²) in [5.41, 5.74) is 0.123. The van der Waals surface area contributed by atoms with E-state index >= 15 is 0 Å². The second kappa shape index (κ2) is 6.06. The van der Waals surface area contributed by atoms with Gasteiger partial charge in [0.25, 0.3) is 11.6 Å². The van der Waals surface area contributed by atoms with Gasteiger partial charge in [-0.3, -0.25) is 14.9 Å². The zero-order valence-electron chi connectivity index (χ0n) is 10.8. The van der Waals surface area contributed by atoms with Gasteiger partial charge in [0.15, 0.2) is 0 Å². The summed E-state index contributed by atoms with van der Waals surface area (Å²) in [6.45, 7) is 1.06. The number of nitrogens with one attached hydrogen (secondary N) is 2. The minimum atomic E-state index is -0.576. The lowest BCUT2D eigenvalue weighted by Crippen LogP contribution is -2.35. The van der Waals surface area contributed by atoms with E-state index in [0.29, 0.717) is 13.2 Å². The smallest absolute Gasteiger partial charge is 0.294 e. The number of rotatable bonds is 4. The summed E-state index contributed by atoms with van der Waals surface area (Å²) in [6, 6.07) is 2.55. The Morgan fingerprint density at radius 3 is 2.85 bits per heavy atom. The zero-order chi connectivity index (χ0) is 14.7. The van der Waals surface area contributed by atoms with Gasteiger partial charge in [-0.15, -0.1) is 0 Å². The Morgan fingerprint density at radius 2 is 2.30 bits per heavy atom. The zero-order valence-corrected chi connectivity index (χ0v) is 11.6. The van der Waals surface area contributed by atoms with Crippen molar-refractivity contribution >= 4 is 28.9 Å². The number of ether oxygens (including phenoxy) is 1. The Labute approximate surface area is 120 Å². The highest BCUT2D eigenvalue weighted by Crippen LogP contribution is 2.33. The fraction of sp³-hybridized carbons (Fsp3) is 0.417. The molecule has 0 bridgehead atoms. The van der Waals surface area contributed by atoms with Gasteiger partial charge in [-0.25, -0.2) is 0 Å². The van der Waals surface area contributed by atoms with Crippen molar-refractivity contribution in [2.75, 3.05) is 25.6 Å². The van der Waals surface area contributed by atoms with E-state index in [4.69, 9.17) is 16.3 Å². The van der Waals surface area contributed by atoms with Gasteiger partial charge in [0.05, 0.1) is 22.6 Å². The maximum atomic E-state index is 12.1. The lowest BCUT2D eigenvalue weighted by Gasteiger charge is -2.12. The number of nitrogens with zero attached hydrogens (tertiary/aromatic N) is 1. The second-order valence-corrected chi connectivity index (χ2v) is 4.80. The molecule has 1 aromatic rings. The maximum absolute atomic E-state index is 12.1. The first-order valence-electron chi connectivity index (χ1n) is 6.07. The highest BCUT2D eigenvalue weighted by molar-refractivity contribution is 6.34. The first kappa shape index (κ1) is 14.5. The first-order chi connectivity index (χ1) is 9.52. The molecule has 1 fully saturated rings. The van der Waals surface area contributed by atoms with E-state index in [1.807, 2.05) is 0 Å². The van der Waals surface area contributed by atoms with Crippen LogP contribution in [0.5, 0.6) is 0 Å². The van der Waals surface area contributed by atoms with E-state index in [1.54, 1.807) is 0 Å². The average Bonchev–Trinajstić information content (AvgIpc) is 2.90. The normalized spacial score (nSPS) is 17.8. The van der Waals surface area contributed by atoms with Gasteiger partial charge < -0.3 is 15.4 Å². The van der Waals surface area contributed by atoms with Crippen molar-refractivity contribution in [3.05, 3.63) is 32.8 Å².